The molecule has 0 amide bonds. The molecule has 1 saturated heterocycles. The molecule has 16 heavy (non-hydrogen) atoms. The lowest BCUT2D eigenvalue weighted by atomic mass is 9.82. The summed E-state index contributed by atoms with van der Waals surface area (Å²) in [7, 11) is 4.32. The molecule has 1 aliphatic rings. The van der Waals surface area contributed by atoms with Crippen molar-refractivity contribution in [3.05, 3.63) is 35.9 Å². The number of hydrogen-bond donors (Lipinski definition) is 1. The lowest BCUT2D eigenvalue weighted by Gasteiger charge is -2.41. The van der Waals surface area contributed by atoms with Crippen LogP contribution in [0.15, 0.2) is 30.3 Å². The molecule has 0 radical (unpaired) electrons. The van der Waals surface area contributed by atoms with E-state index in [1.807, 2.05) is 0 Å². The molecule has 88 valence electrons. The van der Waals surface area contributed by atoms with Crippen molar-refractivity contribution in [1.29, 1.82) is 0 Å². The van der Waals surface area contributed by atoms with Crippen LogP contribution in [-0.4, -0.2) is 37.6 Å². The highest BCUT2D eigenvalue weighted by Crippen LogP contribution is 2.25. The number of rotatable bonds is 3. The summed E-state index contributed by atoms with van der Waals surface area (Å²) in [5.41, 5.74) is 1.76. The summed E-state index contributed by atoms with van der Waals surface area (Å²) in [5, 5.41) is 3.56. The Labute approximate surface area is 98.7 Å². The number of nitrogens with one attached hydrogen (secondary N) is 1. The minimum Gasteiger partial charge on any atom is -0.314 e. The Morgan fingerprint density at radius 2 is 1.81 bits per heavy atom. The van der Waals surface area contributed by atoms with Crippen molar-refractivity contribution in [1.82, 2.24) is 10.2 Å². The maximum absolute atomic E-state index is 3.56. The van der Waals surface area contributed by atoms with Gasteiger partial charge in [-0.3, -0.25) is 0 Å². The normalized spacial score (nSPS) is 20.9. The molecule has 0 aromatic heterocycles. The highest BCUT2D eigenvalue weighted by molar-refractivity contribution is 5.18. The predicted octanol–water partition coefficient (Wildman–Crippen LogP) is 1.91. The molecule has 0 saturated carbocycles. The fraction of sp³-hybridized carbons (Fsp3) is 0.571. The van der Waals surface area contributed by atoms with Crippen LogP contribution in [0.3, 0.4) is 0 Å². The third kappa shape index (κ3) is 2.63. The number of likely N-dealkylation sites (tertiary alicyclic amines) is 1. The smallest absolute Gasteiger partial charge is 0.0243 e. The summed E-state index contributed by atoms with van der Waals surface area (Å²) in [4.78, 5) is 2.42. The summed E-state index contributed by atoms with van der Waals surface area (Å²) in [5.74, 6) is 0. The van der Waals surface area contributed by atoms with Crippen LogP contribution in [0.4, 0.5) is 0 Å². The summed E-state index contributed by atoms with van der Waals surface area (Å²) in [6.45, 7) is 2.40. The van der Waals surface area contributed by atoms with E-state index in [2.05, 4.69) is 54.6 Å². The number of nitrogens with zero attached hydrogens (tertiary/aromatic N) is 1. The first-order valence-corrected chi connectivity index (χ1v) is 6.15. The van der Waals surface area contributed by atoms with Crippen molar-refractivity contribution in [3.8, 4) is 0 Å². The van der Waals surface area contributed by atoms with Crippen LogP contribution in [-0.2, 0) is 6.42 Å². The van der Waals surface area contributed by atoms with Crippen molar-refractivity contribution in [2.75, 3.05) is 27.2 Å². The van der Waals surface area contributed by atoms with E-state index in [9.17, 15) is 0 Å². The molecule has 2 rings (SSSR count). The summed E-state index contributed by atoms with van der Waals surface area (Å²) in [6.07, 6.45) is 3.64. The molecule has 0 unspecified atom stereocenters. The standard InChI is InChI=1S/C14H22N2/c1-15-14(8-10-16(2)11-9-14)12-13-6-4-3-5-7-13/h3-7,15H,8-12H2,1-2H3. The van der Waals surface area contributed by atoms with Crippen molar-refractivity contribution >= 4 is 0 Å². The Kier molecular flexibility index (Phi) is 3.62. The predicted molar refractivity (Wildman–Crippen MR) is 68.7 cm³/mol. The zero-order chi connectivity index (χ0) is 11.4. The SMILES string of the molecule is CNC1(Cc2ccccc2)CCN(C)CC1. The van der Waals surface area contributed by atoms with Gasteiger partial charge in [-0.05, 0) is 52.0 Å². The minimum absolute atomic E-state index is 0.313. The lowest BCUT2D eigenvalue weighted by Crippen LogP contribution is -2.52. The maximum atomic E-state index is 3.56. The largest absolute Gasteiger partial charge is 0.314 e. The van der Waals surface area contributed by atoms with Crippen LogP contribution in [0.1, 0.15) is 18.4 Å². The molecule has 0 spiro atoms. The van der Waals surface area contributed by atoms with Gasteiger partial charge in [0.15, 0.2) is 0 Å². The summed E-state index contributed by atoms with van der Waals surface area (Å²) >= 11 is 0. The fourth-order valence-corrected chi connectivity index (χ4v) is 2.55. The Morgan fingerprint density at radius 1 is 1.19 bits per heavy atom. The van der Waals surface area contributed by atoms with Crippen LogP contribution in [0.25, 0.3) is 0 Å². The van der Waals surface area contributed by atoms with Gasteiger partial charge >= 0.3 is 0 Å². The number of hydrogen-bond acceptors (Lipinski definition) is 2. The first kappa shape index (κ1) is 11.6. The summed E-state index contributed by atoms with van der Waals surface area (Å²) < 4.78 is 0. The summed E-state index contributed by atoms with van der Waals surface area (Å²) in [6, 6.07) is 10.8. The van der Waals surface area contributed by atoms with Gasteiger partial charge in [-0.1, -0.05) is 30.3 Å². The minimum atomic E-state index is 0.313. The molecular formula is C14H22N2. The van der Waals surface area contributed by atoms with Crippen LogP contribution in [0, 0.1) is 0 Å². The quantitative estimate of drug-likeness (QED) is 0.834. The topological polar surface area (TPSA) is 15.3 Å². The highest BCUT2D eigenvalue weighted by atomic mass is 15.1. The fourth-order valence-electron chi connectivity index (χ4n) is 2.55. The number of piperidine rings is 1. The molecule has 0 atom stereocenters. The van der Waals surface area contributed by atoms with Gasteiger partial charge < -0.3 is 10.2 Å². The van der Waals surface area contributed by atoms with Crippen LogP contribution in [0.2, 0.25) is 0 Å². The molecule has 0 bridgehead atoms. The van der Waals surface area contributed by atoms with Gasteiger partial charge in [0.1, 0.15) is 0 Å². The average molecular weight is 218 g/mol. The van der Waals surface area contributed by atoms with Crippen LogP contribution >= 0.6 is 0 Å². The molecule has 1 aromatic rings. The second kappa shape index (κ2) is 4.98. The highest BCUT2D eigenvalue weighted by Gasteiger charge is 2.31. The van der Waals surface area contributed by atoms with E-state index in [-0.39, 0.29) is 0 Å². The zero-order valence-electron chi connectivity index (χ0n) is 10.4. The monoisotopic (exact) mass is 218 g/mol. The third-order valence-corrected chi connectivity index (χ3v) is 3.86. The zero-order valence-corrected chi connectivity index (χ0v) is 10.4. The lowest BCUT2D eigenvalue weighted by molar-refractivity contribution is 0.163. The molecule has 2 nitrogen and oxygen atoms in total. The maximum Gasteiger partial charge on any atom is 0.0243 e. The molecule has 1 aromatic carbocycles. The van der Waals surface area contributed by atoms with Gasteiger partial charge in [0.05, 0.1) is 0 Å². The van der Waals surface area contributed by atoms with Gasteiger partial charge in [0, 0.05) is 5.54 Å². The third-order valence-electron chi connectivity index (χ3n) is 3.86. The van der Waals surface area contributed by atoms with E-state index in [4.69, 9.17) is 0 Å². The van der Waals surface area contributed by atoms with E-state index in [0.717, 1.165) is 6.42 Å². The van der Waals surface area contributed by atoms with E-state index in [0.29, 0.717) is 5.54 Å². The van der Waals surface area contributed by atoms with Crippen LogP contribution in [0.5, 0.6) is 0 Å². The van der Waals surface area contributed by atoms with Crippen molar-refractivity contribution in [2.24, 2.45) is 0 Å². The Balaban J connectivity index is 2.05. The number of benzene rings is 1. The van der Waals surface area contributed by atoms with Gasteiger partial charge in [0.2, 0.25) is 0 Å². The molecule has 1 heterocycles. The molecule has 1 N–H and O–H groups in total. The van der Waals surface area contributed by atoms with Crippen molar-refractivity contribution in [2.45, 2.75) is 24.8 Å². The second-order valence-electron chi connectivity index (χ2n) is 5.00. The van der Waals surface area contributed by atoms with E-state index < -0.39 is 0 Å². The number of likely N-dealkylation sites (N-methyl/N-ethyl adjacent to an activating group) is 1. The molecule has 2 heteroatoms. The van der Waals surface area contributed by atoms with Crippen molar-refractivity contribution < 1.29 is 0 Å². The first-order valence-electron chi connectivity index (χ1n) is 6.15. The Bertz CT molecular complexity index is 313. The Morgan fingerprint density at radius 3 is 2.38 bits per heavy atom. The molecule has 0 aliphatic carbocycles. The van der Waals surface area contributed by atoms with Gasteiger partial charge in [0.25, 0.3) is 0 Å². The van der Waals surface area contributed by atoms with E-state index in [1.54, 1.807) is 0 Å². The average Bonchev–Trinajstić information content (AvgIpc) is 2.34. The Hall–Kier alpha value is -0.860. The van der Waals surface area contributed by atoms with Crippen molar-refractivity contribution in [3.63, 3.8) is 0 Å². The van der Waals surface area contributed by atoms with Gasteiger partial charge in [-0.25, -0.2) is 0 Å². The van der Waals surface area contributed by atoms with Gasteiger partial charge in [-0.2, -0.15) is 0 Å². The second-order valence-corrected chi connectivity index (χ2v) is 5.00. The molecule has 1 fully saturated rings. The first-order chi connectivity index (χ1) is 7.74. The van der Waals surface area contributed by atoms with Crippen LogP contribution < -0.4 is 5.32 Å². The van der Waals surface area contributed by atoms with Gasteiger partial charge in [-0.15, -0.1) is 0 Å². The van der Waals surface area contributed by atoms with E-state index >= 15 is 0 Å². The van der Waals surface area contributed by atoms with E-state index in [1.165, 1.54) is 31.5 Å². The molecule has 1 aliphatic heterocycles. The molecular weight excluding hydrogens is 196 g/mol.